The first kappa shape index (κ1) is 16.2. The second-order valence-electron chi connectivity index (χ2n) is 4.56. The third kappa shape index (κ3) is 4.70. The van der Waals surface area contributed by atoms with Crippen LogP contribution in [0.2, 0.25) is 0 Å². The van der Waals surface area contributed by atoms with Crippen LogP contribution in [0.3, 0.4) is 0 Å². The second kappa shape index (κ2) is 6.74. The number of anilines is 1. The molecule has 116 valence electrons. The number of thiazole rings is 1. The molecule has 0 atom stereocenters. The van der Waals surface area contributed by atoms with Gasteiger partial charge in [-0.25, -0.2) is 4.98 Å². The largest absolute Gasteiger partial charge is 0.406 e. The van der Waals surface area contributed by atoms with Gasteiger partial charge in [0.25, 0.3) is 5.91 Å². The molecule has 1 aromatic heterocycles. The van der Waals surface area contributed by atoms with Crippen LogP contribution in [0.1, 0.15) is 11.3 Å². The van der Waals surface area contributed by atoms with E-state index in [-0.39, 0.29) is 5.13 Å². The number of carbonyl (C=O) groups excluding carboxylic acids is 1. The molecule has 2 aromatic rings. The third-order valence-corrected chi connectivity index (χ3v) is 3.64. The summed E-state index contributed by atoms with van der Waals surface area (Å²) in [5, 5.41) is 1.64. The maximum Gasteiger partial charge on any atom is 0.406 e. The Morgan fingerprint density at radius 2 is 2.00 bits per heavy atom. The van der Waals surface area contributed by atoms with Gasteiger partial charge in [0.05, 0.1) is 5.69 Å². The van der Waals surface area contributed by atoms with Gasteiger partial charge in [-0.1, -0.05) is 30.3 Å². The molecule has 0 saturated heterocycles. The van der Waals surface area contributed by atoms with Crippen LogP contribution in [-0.2, 0) is 4.79 Å². The lowest BCUT2D eigenvalue weighted by atomic mass is 10.2. The van der Waals surface area contributed by atoms with E-state index < -0.39 is 18.6 Å². The molecule has 1 heterocycles. The van der Waals surface area contributed by atoms with Crippen molar-refractivity contribution in [2.75, 3.05) is 11.4 Å². The van der Waals surface area contributed by atoms with E-state index in [4.69, 9.17) is 0 Å². The van der Waals surface area contributed by atoms with Crippen molar-refractivity contribution >= 4 is 28.5 Å². The minimum absolute atomic E-state index is 0.0394. The first-order valence-electron chi connectivity index (χ1n) is 6.39. The molecule has 0 aliphatic rings. The van der Waals surface area contributed by atoms with Gasteiger partial charge < -0.3 is 0 Å². The number of carbonyl (C=O) groups is 1. The molecule has 0 bridgehead atoms. The summed E-state index contributed by atoms with van der Waals surface area (Å²) in [6, 6.07) is 8.88. The van der Waals surface area contributed by atoms with Gasteiger partial charge >= 0.3 is 6.18 Å². The van der Waals surface area contributed by atoms with Gasteiger partial charge in [-0.2, -0.15) is 13.2 Å². The van der Waals surface area contributed by atoms with Crippen LogP contribution in [0.15, 0.2) is 41.8 Å². The van der Waals surface area contributed by atoms with E-state index in [1.807, 2.05) is 6.07 Å². The molecule has 2 rings (SSSR count). The molecule has 1 aromatic carbocycles. The van der Waals surface area contributed by atoms with E-state index in [0.717, 1.165) is 23.0 Å². The highest BCUT2D eigenvalue weighted by atomic mass is 32.1. The summed E-state index contributed by atoms with van der Waals surface area (Å²) < 4.78 is 38.0. The van der Waals surface area contributed by atoms with Crippen LogP contribution in [-0.4, -0.2) is 23.6 Å². The smallest absolute Gasteiger partial charge is 0.275 e. The fourth-order valence-corrected chi connectivity index (χ4v) is 2.51. The Morgan fingerprint density at radius 1 is 1.32 bits per heavy atom. The maximum atomic E-state index is 12.7. The van der Waals surface area contributed by atoms with Crippen molar-refractivity contribution in [2.45, 2.75) is 13.1 Å². The van der Waals surface area contributed by atoms with E-state index in [2.05, 4.69) is 4.98 Å². The average molecular weight is 326 g/mol. The summed E-state index contributed by atoms with van der Waals surface area (Å²) in [6.45, 7) is 0.300. The molecule has 0 fully saturated rings. The Labute approximate surface area is 129 Å². The van der Waals surface area contributed by atoms with E-state index in [0.29, 0.717) is 10.6 Å². The number of aryl methyl sites for hydroxylation is 1. The second-order valence-corrected chi connectivity index (χ2v) is 5.39. The highest BCUT2D eigenvalue weighted by Crippen LogP contribution is 2.25. The standard InChI is InChI=1S/C15H13F3N2OS/c1-11-9-22-14(19-11)20(10-15(16,17)18)13(21)8-7-12-5-3-2-4-6-12/h2-9H,10H2,1H3/b8-7+. The van der Waals surface area contributed by atoms with Crippen LogP contribution in [0.25, 0.3) is 6.08 Å². The van der Waals surface area contributed by atoms with Gasteiger partial charge in [0, 0.05) is 11.5 Å². The first-order chi connectivity index (χ1) is 10.3. The molecule has 0 aliphatic heterocycles. The summed E-state index contributed by atoms with van der Waals surface area (Å²) in [5.74, 6) is -0.754. The fraction of sp³-hybridized carbons (Fsp3) is 0.200. The summed E-state index contributed by atoms with van der Waals surface area (Å²) in [7, 11) is 0. The van der Waals surface area contributed by atoms with Crippen molar-refractivity contribution in [3.8, 4) is 0 Å². The van der Waals surface area contributed by atoms with Gasteiger partial charge in [-0.3, -0.25) is 9.69 Å². The zero-order valence-corrected chi connectivity index (χ0v) is 12.5. The van der Waals surface area contributed by atoms with Crippen molar-refractivity contribution in [3.05, 3.63) is 53.0 Å². The van der Waals surface area contributed by atoms with Crippen molar-refractivity contribution in [2.24, 2.45) is 0 Å². The predicted molar refractivity (Wildman–Crippen MR) is 80.7 cm³/mol. The van der Waals surface area contributed by atoms with Gasteiger partial charge in [-0.15, -0.1) is 11.3 Å². The van der Waals surface area contributed by atoms with E-state index in [9.17, 15) is 18.0 Å². The minimum Gasteiger partial charge on any atom is -0.275 e. The van der Waals surface area contributed by atoms with Crippen LogP contribution in [0, 0.1) is 6.92 Å². The number of amides is 1. The molecule has 0 radical (unpaired) electrons. The van der Waals surface area contributed by atoms with E-state index in [1.165, 1.54) is 6.08 Å². The quantitative estimate of drug-likeness (QED) is 0.794. The number of hydrogen-bond acceptors (Lipinski definition) is 3. The molecule has 22 heavy (non-hydrogen) atoms. The van der Waals surface area contributed by atoms with Crippen LogP contribution < -0.4 is 4.90 Å². The number of halogens is 3. The monoisotopic (exact) mass is 326 g/mol. The minimum atomic E-state index is -4.49. The molecule has 0 spiro atoms. The molecule has 0 saturated carbocycles. The van der Waals surface area contributed by atoms with Gasteiger partial charge in [0.2, 0.25) is 0 Å². The molecule has 1 amide bonds. The lowest BCUT2D eigenvalue weighted by Gasteiger charge is -2.19. The number of nitrogens with zero attached hydrogens (tertiary/aromatic N) is 2. The lowest BCUT2D eigenvalue weighted by molar-refractivity contribution is -0.129. The van der Waals surface area contributed by atoms with Crippen molar-refractivity contribution < 1.29 is 18.0 Å². The lowest BCUT2D eigenvalue weighted by Crippen LogP contribution is -2.38. The molecule has 7 heteroatoms. The molecular formula is C15H13F3N2OS. The van der Waals surface area contributed by atoms with Crippen molar-refractivity contribution in [1.29, 1.82) is 0 Å². The Kier molecular flexibility index (Phi) is 4.97. The summed E-state index contributed by atoms with van der Waals surface area (Å²) in [5.41, 5.74) is 1.31. The molecule has 0 aliphatic carbocycles. The Bertz CT molecular complexity index is 665. The van der Waals surface area contributed by atoms with Gasteiger partial charge in [0.15, 0.2) is 5.13 Å². The summed E-state index contributed by atoms with van der Waals surface area (Å²) in [4.78, 5) is 16.7. The van der Waals surface area contributed by atoms with Crippen LogP contribution in [0.4, 0.5) is 18.3 Å². The number of hydrogen-bond donors (Lipinski definition) is 0. The van der Waals surface area contributed by atoms with Gasteiger partial charge in [-0.05, 0) is 18.6 Å². The van der Waals surface area contributed by atoms with E-state index >= 15 is 0 Å². The van der Waals surface area contributed by atoms with Crippen molar-refractivity contribution in [1.82, 2.24) is 4.98 Å². The summed E-state index contributed by atoms with van der Waals surface area (Å²) >= 11 is 1.01. The predicted octanol–water partition coefficient (Wildman–Crippen LogP) is 4.06. The number of alkyl halides is 3. The zero-order valence-electron chi connectivity index (χ0n) is 11.7. The van der Waals surface area contributed by atoms with Crippen molar-refractivity contribution in [3.63, 3.8) is 0 Å². The highest BCUT2D eigenvalue weighted by molar-refractivity contribution is 7.14. The molecule has 0 N–H and O–H groups in total. The molecule has 3 nitrogen and oxygen atoms in total. The third-order valence-electron chi connectivity index (χ3n) is 2.66. The number of rotatable bonds is 4. The maximum absolute atomic E-state index is 12.7. The fourth-order valence-electron chi connectivity index (χ4n) is 1.71. The highest BCUT2D eigenvalue weighted by Gasteiger charge is 2.34. The zero-order chi connectivity index (χ0) is 16.2. The molecular weight excluding hydrogens is 313 g/mol. The Hall–Kier alpha value is -2.15. The average Bonchev–Trinajstić information content (AvgIpc) is 2.89. The number of benzene rings is 1. The SMILES string of the molecule is Cc1csc(N(CC(F)(F)F)C(=O)/C=C/c2ccccc2)n1. The summed E-state index contributed by atoms with van der Waals surface area (Å²) in [6.07, 6.45) is -1.89. The van der Waals surface area contributed by atoms with Gasteiger partial charge in [0.1, 0.15) is 6.54 Å². The number of aromatic nitrogens is 1. The van der Waals surface area contributed by atoms with Crippen LogP contribution in [0.5, 0.6) is 0 Å². The van der Waals surface area contributed by atoms with Crippen LogP contribution >= 0.6 is 11.3 Å². The van der Waals surface area contributed by atoms with E-state index in [1.54, 1.807) is 36.6 Å². The Morgan fingerprint density at radius 3 is 2.55 bits per heavy atom. The normalized spacial score (nSPS) is 11.8. The Balaban J connectivity index is 2.21. The first-order valence-corrected chi connectivity index (χ1v) is 7.26. The molecule has 0 unspecified atom stereocenters. The topological polar surface area (TPSA) is 33.2 Å².